The number of hydrogen-bond donors (Lipinski definition) is 1. The zero-order chi connectivity index (χ0) is 13.5. The Morgan fingerprint density at radius 3 is 2.70 bits per heavy atom. The topological polar surface area (TPSA) is 41.6 Å². The lowest BCUT2D eigenvalue weighted by molar-refractivity contribution is 1.33. The number of nitrogens with one attached hydrogen (secondary N) is 1. The maximum absolute atomic E-state index is 6.08. The SMILES string of the molecule is Clc1ccc2ncc3[nH]c(-c4ccccc4)nc3c2c1. The van der Waals surface area contributed by atoms with E-state index in [0.29, 0.717) is 5.02 Å². The summed E-state index contributed by atoms with van der Waals surface area (Å²) in [5, 5.41) is 1.66. The van der Waals surface area contributed by atoms with Gasteiger partial charge in [0.1, 0.15) is 5.82 Å². The van der Waals surface area contributed by atoms with Crippen LogP contribution in [0.25, 0.3) is 33.3 Å². The highest BCUT2D eigenvalue weighted by Crippen LogP contribution is 2.27. The molecule has 0 fully saturated rings. The Morgan fingerprint density at radius 2 is 1.85 bits per heavy atom. The Bertz CT molecular complexity index is 913. The normalized spacial score (nSPS) is 11.2. The van der Waals surface area contributed by atoms with E-state index in [1.807, 2.05) is 54.7 Å². The van der Waals surface area contributed by atoms with Crippen LogP contribution < -0.4 is 0 Å². The molecule has 0 aliphatic rings. The number of hydrogen-bond acceptors (Lipinski definition) is 2. The average molecular weight is 280 g/mol. The molecule has 2 heterocycles. The predicted molar refractivity (Wildman–Crippen MR) is 81.8 cm³/mol. The first-order valence-corrected chi connectivity index (χ1v) is 6.68. The van der Waals surface area contributed by atoms with Gasteiger partial charge < -0.3 is 4.98 Å². The van der Waals surface area contributed by atoms with Crippen molar-refractivity contribution < 1.29 is 0 Å². The van der Waals surface area contributed by atoms with E-state index in [1.54, 1.807) is 0 Å². The molecule has 0 aliphatic heterocycles. The van der Waals surface area contributed by atoms with Crippen LogP contribution in [0.4, 0.5) is 0 Å². The highest BCUT2D eigenvalue weighted by molar-refractivity contribution is 6.31. The van der Waals surface area contributed by atoms with E-state index in [4.69, 9.17) is 16.6 Å². The summed E-state index contributed by atoms with van der Waals surface area (Å²) < 4.78 is 0. The molecule has 2 aromatic heterocycles. The summed E-state index contributed by atoms with van der Waals surface area (Å²) in [5.74, 6) is 0.842. The number of aromatic amines is 1. The summed E-state index contributed by atoms with van der Waals surface area (Å²) in [6, 6.07) is 15.7. The minimum atomic E-state index is 0.691. The van der Waals surface area contributed by atoms with Gasteiger partial charge >= 0.3 is 0 Å². The summed E-state index contributed by atoms with van der Waals surface area (Å²) in [7, 11) is 0. The third-order valence-corrected chi connectivity index (χ3v) is 3.56. The van der Waals surface area contributed by atoms with Gasteiger partial charge in [0.2, 0.25) is 0 Å². The van der Waals surface area contributed by atoms with Gasteiger partial charge in [-0.3, -0.25) is 4.98 Å². The van der Waals surface area contributed by atoms with Crippen molar-refractivity contribution in [3.05, 3.63) is 59.8 Å². The van der Waals surface area contributed by atoms with Gasteiger partial charge in [0.25, 0.3) is 0 Å². The highest BCUT2D eigenvalue weighted by atomic mass is 35.5. The fourth-order valence-electron chi connectivity index (χ4n) is 2.36. The second-order valence-corrected chi connectivity index (χ2v) is 5.07. The van der Waals surface area contributed by atoms with Crippen molar-refractivity contribution in [2.45, 2.75) is 0 Å². The van der Waals surface area contributed by atoms with E-state index >= 15 is 0 Å². The van der Waals surface area contributed by atoms with E-state index in [0.717, 1.165) is 33.3 Å². The molecule has 1 N–H and O–H groups in total. The van der Waals surface area contributed by atoms with E-state index in [9.17, 15) is 0 Å². The molecular formula is C16H10ClN3. The van der Waals surface area contributed by atoms with Gasteiger partial charge in [-0.15, -0.1) is 0 Å². The van der Waals surface area contributed by atoms with Crippen molar-refractivity contribution in [2.24, 2.45) is 0 Å². The molecule has 0 unspecified atom stereocenters. The highest BCUT2D eigenvalue weighted by Gasteiger charge is 2.09. The van der Waals surface area contributed by atoms with Crippen molar-refractivity contribution in [3.63, 3.8) is 0 Å². The quantitative estimate of drug-likeness (QED) is 0.560. The van der Waals surface area contributed by atoms with Crippen LogP contribution in [-0.2, 0) is 0 Å². The van der Waals surface area contributed by atoms with Crippen molar-refractivity contribution in [2.75, 3.05) is 0 Å². The molecule has 4 aromatic rings. The zero-order valence-corrected chi connectivity index (χ0v) is 11.2. The van der Waals surface area contributed by atoms with Crippen molar-refractivity contribution in [1.29, 1.82) is 0 Å². The molecule has 0 saturated heterocycles. The van der Waals surface area contributed by atoms with Crippen molar-refractivity contribution in [3.8, 4) is 11.4 Å². The molecule has 3 nitrogen and oxygen atoms in total. The molecule has 20 heavy (non-hydrogen) atoms. The fraction of sp³-hybridized carbons (Fsp3) is 0. The van der Waals surface area contributed by atoms with Crippen LogP contribution in [0.1, 0.15) is 0 Å². The number of imidazole rings is 1. The number of H-pyrrole nitrogens is 1. The lowest BCUT2D eigenvalue weighted by Crippen LogP contribution is -1.80. The summed E-state index contributed by atoms with van der Waals surface area (Å²) in [6.45, 7) is 0. The minimum Gasteiger partial charge on any atom is -0.337 e. The number of halogens is 1. The fourth-order valence-corrected chi connectivity index (χ4v) is 2.53. The van der Waals surface area contributed by atoms with E-state index in [1.165, 1.54) is 0 Å². The lowest BCUT2D eigenvalue weighted by atomic mass is 10.2. The monoisotopic (exact) mass is 279 g/mol. The second-order valence-electron chi connectivity index (χ2n) is 4.63. The number of rotatable bonds is 1. The van der Waals surface area contributed by atoms with Crippen LogP contribution in [0.2, 0.25) is 5.02 Å². The van der Waals surface area contributed by atoms with E-state index in [2.05, 4.69) is 9.97 Å². The van der Waals surface area contributed by atoms with Crippen molar-refractivity contribution >= 4 is 33.5 Å². The third kappa shape index (κ3) is 1.75. The van der Waals surface area contributed by atoms with Crippen LogP contribution >= 0.6 is 11.6 Å². The van der Waals surface area contributed by atoms with Gasteiger partial charge in [-0.25, -0.2) is 4.98 Å². The van der Waals surface area contributed by atoms with E-state index < -0.39 is 0 Å². The standard InChI is InChI=1S/C16H10ClN3/c17-11-6-7-13-12(8-11)15-14(9-18-13)19-16(20-15)10-4-2-1-3-5-10/h1-9H,(H,19,20). The molecule has 0 atom stereocenters. The Hall–Kier alpha value is -2.39. The minimum absolute atomic E-state index is 0.691. The Kier molecular flexibility index (Phi) is 2.47. The van der Waals surface area contributed by atoms with Crippen LogP contribution in [0.3, 0.4) is 0 Å². The van der Waals surface area contributed by atoms with Crippen LogP contribution in [-0.4, -0.2) is 15.0 Å². The molecule has 4 rings (SSSR count). The number of aromatic nitrogens is 3. The number of nitrogens with zero attached hydrogens (tertiary/aromatic N) is 2. The average Bonchev–Trinajstić information content (AvgIpc) is 2.93. The van der Waals surface area contributed by atoms with Crippen LogP contribution in [0.5, 0.6) is 0 Å². The Morgan fingerprint density at radius 1 is 1.00 bits per heavy atom. The van der Waals surface area contributed by atoms with Gasteiger partial charge in [-0.05, 0) is 18.2 Å². The molecule has 0 radical (unpaired) electrons. The number of pyridine rings is 1. The molecule has 0 aliphatic carbocycles. The smallest absolute Gasteiger partial charge is 0.138 e. The van der Waals surface area contributed by atoms with Gasteiger partial charge in [-0.2, -0.15) is 0 Å². The Balaban J connectivity index is 2.04. The van der Waals surface area contributed by atoms with Gasteiger partial charge in [0.15, 0.2) is 0 Å². The first-order valence-electron chi connectivity index (χ1n) is 6.31. The molecule has 2 aromatic carbocycles. The molecule has 96 valence electrons. The molecule has 4 heteroatoms. The second kappa shape index (κ2) is 4.32. The Labute approximate surface area is 120 Å². The molecule has 0 saturated carbocycles. The zero-order valence-electron chi connectivity index (χ0n) is 10.5. The lowest BCUT2D eigenvalue weighted by Gasteiger charge is -1.97. The first kappa shape index (κ1) is 11.4. The molecule has 0 bridgehead atoms. The van der Waals surface area contributed by atoms with Crippen LogP contribution in [0.15, 0.2) is 54.7 Å². The largest absolute Gasteiger partial charge is 0.337 e. The van der Waals surface area contributed by atoms with E-state index in [-0.39, 0.29) is 0 Å². The van der Waals surface area contributed by atoms with Crippen LogP contribution in [0, 0.1) is 0 Å². The summed E-state index contributed by atoms with van der Waals surface area (Å²) >= 11 is 6.08. The maximum Gasteiger partial charge on any atom is 0.138 e. The summed E-state index contributed by atoms with van der Waals surface area (Å²) in [4.78, 5) is 12.4. The third-order valence-electron chi connectivity index (χ3n) is 3.33. The summed E-state index contributed by atoms with van der Waals surface area (Å²) in [5.41, 5.74) is 3.77. The molecule has 0 spiro atoms. The predicted octanol–water partition coefficient (Wildman–Crippen LogP) is 4.43. The number of fused-ring (bicyclic) bond motifs is 3. The summed E-state index contributed by atoms with van der Waals surface area (Å²) in [6.07, 6.45) is 1.81. The van der Waals surface area contributed by atoms with Crippen molar-refractivity contribution in [1.82, 2.24) is 15.0 Å². The number of benzene rings is 2. The maximum atomic E-state index is 6.08. The molecular weight excluding hydrogens is 270 g/mol. The van der Waals surface area contributed by atoms with Gasteiger partial charge in [0, 0.05) is 16.0 Å². The van der Waals surface area contributed by atoms with Gasteiger partial charge in [0.05, 0.1) is 22.7 Å². The first-order chi connectivity index (χ1) is 9.81. The molecule has 0 amide bonds. The van der Waals surface area contributed by atoms with Gasteiger partial charge in [-0.1, -0.05) is 41.9 Å².